The lowest BCUT2D eigenvalue weighted by atomic mass is 10.0. The molecule has 5 rings (SSSR count). The molecule has 1 aliphatic heterocycles. The average Bonchev–Trinajstić information content (AvgIpc) is 4.02. The summed E-state index contributed by atoms with van der Waals surface area (Å²) in [5.74, 6) is -1.68. The number of carbonyl (C=O) groups excluding carboxylic acids is 6. The molecule has 0 unspecified atom stereocenters. The van der Waals surface area contributed by atoms with Crippen LogP contribution in [0.5, 0.6) is 23.0 Å². The highest BCUT2D eigenvalue weighted by atomic mass is 16.6. The molecule has 416 valence electrons. The molecule has 22 nitrogen and oxygen atoms in total. The number of aromatic nitrogens is 6. The van der Waals surface area contributed by atoms with Crippen LogP contribution in [0.3, 0.4) is 0 Å². The van der Waals surface area contributed by atoms with Crippen molar-refractivity contribution in [2.45, 2.75) is 169 Å². The normalized spacial score (nSPS) is 18.3. The van der Waals surface area contributed by atoms with Gasteiger partial charge in [-0.3, -0.25) is 28.8 Å². The van der Waals surface area contributed by atoms with Crippen molar-refractivity contribution in [3.8, 4) is 23.0 Å². The minimum Gasteiger partial charge on any atom is -0.497 e. The van der Waals surface area contributed by atoms with Gasteiger partial charge in [-0.25, -0.2) is 9.36 Å². The molecule has 2 aromatic heterocycles. The first-order valence-electron chi connectivity index (χ1n) is 25.6. The fourth-order valence-corrected chi connectivity index (χ4v) is 8.63. The van der Waals surface area contributed by atoms with Crippen molar-refractivity contribution in [2.24, 2.45) is 11.8 Å². The second kappa shape index (κ2) is 26.5. The first kappa shape index (κ1) is 59.6. The third-order valence-electron chi connectivity index (χ3n) is 12.1. The Balaban J connectivity index is 1.70. The highest BCUT2D eigenvalue weighted by Gasteiger charge is 2.36. The number of esters is 2. The lowest BCUT2D eigenvalue weighted by Crippen LogP contribution is -2.50. The fraction of sp³-hybridized carbons (Fsp3) is 0.593. The first-order valence-corrected chi connectivity index (χ1v) is 25.6. The molecule has 0 spiro atoms. The van der Waals surface area contributed by atoms with E-state index in [0.717, 1.165) is 0 Å². The molecule has 0 aliphatic carbocycles. The van der Waals surface area contributed by atoms with Gasteiger partial charge in [-0.2, -0.15) is 0 Å². The maximum absolute atomic E-state index is 15.3. The summed E-state index contributed by atoms with van der Waals surface area (Å²) in [6.45, 7) is 17.7. The Kier molecular flexibility index (Phi) is 20.8. The Morgan fingerprint density at radius 1 is 0.592 bits per heavy atom. The molecule has 76 heavy (non-hydrogen) atoms. The minimum absolute atomic E-state index is 0.0597. The lowest BCUT2D eigenvalue weighted by molar-refractivity contribution is -0.156. The van der Waals surface area contributed by atoms with Crippen molar-refractivity contribution in [3.05, 3.63) is 71.3 Å². The van der Waals surface area contributed by atoms with Gasteiger partial charge in [0.05, 0.1) is 53.9 Å². The fourth-order valence-electron chi connectivity index (χ4n) is 8.63. The number of hydrogen-bond acceptors (Lipinski definition) is 16. The van der Waals surface area contributed by atoms with Crippen LogP contribution in [0.1, 0.15) is 142 Å². The maximum Gasteiger partial charge on any atom is 0.306 e. The van der Waals surface area contributed by atoms with Gasteiger partial charge in [-0.1, -0.05) is 38.1 Å². The Morgan fingerprint density at radius 3 is 1.28 bits per heavy atom. The molecule has 4 amide bonds. The number of benzene rings is 2. The Hall–Kier alpha value is -7.26. The lowest BCUT2D eigenvalue weighted by Gasteiger charge is -2.30. The van der Waals surface area contributed by atoms with Gasteiger partial charge in [0, 0.05) is 49.2 Å². The molecule has 2 N–H and O–H groups in total. The monoisotopic (exact) mass is 1060 g/mol. The van der Waals surface area contributed by atoms with Crippen LogP contribution in [-0.4, -0.2) is 127 Å². The summed E-state index contributed by atoms with van der Waals surface area (Å²) < 4.78 is 36.5. The van der Waals surface area contributed by atoms with Crippen molar-refractivity contribution in [3.63, 3.8) is 0 Å². The number of carbonyl (C=O) groups is 6. The van der Waals surface area contributed by atoms with Crippen LogP contribution in [-0.2, 0) is 64.4 Å². The zero-order chi connectivity index (χ0) is 56.1. The highest BCUT2D eigenvalue weighted by molar-refractivity contribution is 5.91. The van der Waals surface area contributed by atoms with Crippen LogP contribution in [0.2, 0.25) is 0 Å². The predicted molar refractivity (Wildman–Crippen MR) is 279 cm³/mol. The van der Waals surface area contributed by atoms with Gasteiger partial charge in [-0.05, 0) is 103 Å². The summed E-state index contributed by atoms with van der Waals surface area (Å²) in [4.78, 5) is 89.9. The molecule has 4 aromatic rings. The number of rotatable bonds is 18. The Bertz CT molecular complexity index is 2460. The third-order valence-corrected chi connectivity index (χ3v) is 12.1. The van der Waals surface area contributed by atoms with E-state index in [9.17, 15) is 19.2 Å². The van der Waals surface area contributed by atoms with E-state index in [-0.39, 0.29) is 87.9 Å². The van der Waals surface area contributed by atoms with Gasteiger partial charge in [0.1, 0.15) is 69.8 Å². The van der Waals surface area contributed by atoms with E-state index in [2.05, 4.69) is 31.3 Å². The number of amides is 4. The zero-order valence-electron chi connectivity index (χ0n) is 46.6. The van der Waals surface area contributed by atoms with E-state index in [1.807, 2.05) is 27.7 Å². The quantitative estimate of drug-likeness (QED) is 0.107. The van der Waals surface area contributed by atoms with Gasteiger partial charge in [0.25, 0.3) is 0 Å². The summed E-state index contributed by atoms with van der Waals surface area (Å²) >= 11 is 0. The molecule has 3 heterocycles. The first-order chi connectivity index (χ1) is 35.8. The summed E-state index contributed by atoms with van der Waals surface area (Å²) in [5, 5.41) is 23.7. The number of fused-ring (bicyclic) bond motifs is 4. The van der Waals surface area contributed by atoms with Gasteiger partial charge >= 0.3 is 11.9 Å². The summed E-state index contributed by atoms with van der Waals surface area (Å²) in [5.41, 5.74) is 0.0904. The molecule has 0 saturated carbocycles. The van der Waals surface area contributed by atoms with Crippen LogP contribution in [0.25, 0.3) is 0 Å². The van der Waals surface area contributed by atoms with Crippen LogP contribution in [0.15, 0.2) is 48.8 Å². The second-order valence-electron chi connectivity index (χ2n) is 21.8. The zero-order valence-corrected chi connectivity index (χ0v) is 46.6. The average molecular weight is 1060 g/mol. The summed E-state index contributed by atoms with van der Waals surface area (Å²) in [7, 11) is 6.04. The molecule has 22 heteroatoms. The Labute approximate surface area is 445 Å². The molecular weight excluding hydrogens is 981 g/mol. The highest BCUT2D eigenvalue weighted by Crippen LogP contribution is 2.30. The van der Waals surface area contributed by atoms with Gasteiger partial charge in [0.15, 0.2) is 0 Å². The van der Waals surface area contributed by atoms with E-state index >= 15 is 9.59 Å². The van der Waals surface area contributed by atoms with Crippen LogP contribution in [0.4, 0.5) is 0 Å². The van der Waals surface area contributed by atoms with Crippen molar-refractivity contribution >= 4 is 35.6 Å². The second-order valence-corrected chi connectivity index (χ2v) is 21.8. The molecule has 4 atom stereocenters. The summed E-state index contributed by atoms with van der Waals surface area (Å²) in [6, 6.07) is 5.72. The maximum atomic E-state index is 15.3. The standard InChI is InChI=1S/C54H78N10O12/c1-33(2)23-43-49(67)55-41(19-21-47(65)75-53(5,6)7)51(69)62(28-36-16-18-40(72-12)26-46(36)74-14)30-38-32-64(60-58-38)44(24-34(3)4)50(68)56-42(20-22-48(66)76-54(8,9)10)52(70)61(29-37-31-63(43)59-57-37)27-35-15-17-39(71-11)25-45(35)73-13/h15-18,25-26,31-34,41-44H,19-24,27-30H2,1-14H3,(H,55,67)(H,56,68)/t41-,42-,43+,44+/m0/s1. The number of ether oxygens (including phenoxy) is 6. The topological polar surface area (TPSA) is 250 Å². The molecule has 4 bridgehead atoms. The molecule has 0 saturated heterocycles. The predicted octanol–water partition coefficient (Wildman–Crippen LogP) is 6.06. The van der Waals surface area contributed by atoms with Crippen LogP contribution < -0.4 is 29.6 Å². The largest absolute Gasteiger partial charge is 0.497 e. The number of methoxy groups -OCH3 is 4. The van der Waals surface area contributed by atoms with E-state index < -0.39 is 70.9 Å². The Morgan fingerprint density at radius 2 is 0.961 bits per heavy atom. The van der Waals surface area contributed by atoms with Gasteiger partial charge in [0.2, 0.25) is 23.6 Å². The number of hydrogen-bond donors (Lipinski definition) is 2. The molecule has 1 aliphatic rings. The van der Waals surface area contributed by atoms with E-state index in [0.29, 0.717) is 34.1 Å². The summed E-state index contributed by atoms with van der Waals surface area (Å²) in [6.07, 6.45) is 2.89. The van der Waals surface area contributed by atoms with Crippen LogP contribution >= 0.6 is 0 Å². The van der Waals surface area contributed by atoms with Crippen molar-refractivity contribution in [2.75, 3.05) is 28.4 Å². The molecule has 0 fully saturated rings. The SMILES string of the molecule is COc1ccc(CN2Cc3cn(nn3)[C@H](CC(C)C)C(=O)N[C@@H](CCC(=O)OC(C)(C)C)C(=O)N(Cc3ccc(OC)cc3OC)Cc3cn(nn3)[C@H](CC(C)C)C(=O)N[C@@H](CCC(=O)OC(C)(C)C)C2=O)c(OC)c1. The third kappa shape index (κ3) is 17.4. The smallest absolute Gasteiger partial charge is 0.306 e. The number of nitrogens with one attached hydrogen (secondary N) is 2. The van der Waals surface area contributed by atoms with Crippen molar-refractivity contribution < 1.29 is 57.2 Å². The van der Waals surface area contributed by atoms with E-state index in [4.69, 9.17) is 28.4 Å². The number of nitrogens with zero attached hydrogens (tertiary/aromatic N) is 8. The van der Waals surface area contributed by atoms with Gasteiger partial charge in [-0.15, -0.1) is 10.2 Å². The molecule has 0 radical (unpaired) electrons. The van der Waals surface area contributed by atoms with E-state index in [1.165, 1.54) is 47.6 Å². The van der Waals surface area contributed by atoms with Crippen molar-refractivity contribution in [1.29, 1.82) is 0 Å². The van der Waals surface area contributed by atoms with Gasteiger partial charge < -0.3 is 48.9 Å². The van der Waals surface area contributed by atoms with E-state index in [1.54, 1.807) is 90.3 Å². The van der Waals surface area contributed by atoms with Crippen LogP contribution in [0, 0.1) is 11.8 Å². The minimum atomic E-state index is -1.28. The molecule has 2 aromatic carbocycles. The molecular formula is C54H78N10O12. The van der Waals surface area contributed by atoms with Crippen molar-refractivity contribution in [1.82, 2.24) is 50.4 Å².